The Morgan fingerprint density at radius 3 is 2.53 bits per heavy atom. The molecule has 0 heterocycles. The molecule has 15 heavy (non-hydrogen) atoms. The summed E-state index contributed by atoms with van der Waals surface area (Å²) in [7, 11) is 0. The van der Waals surface area contributed by atoms with Gasteiger partial charge in [0.15, 0.2) is 0 Å². The molecule has 0 aliphatic rings. The van der Waals surface area contributed by atoms with Crippen molar-refractivity contribution in [3.05, 3.63) is 0 Å². The van der Waals surface area contributed by atoms with Crippen LogP contribution in [0.3, 0.4) is 0 Å². The summed E-state index contributed by atoms with van der Waals surface area (Å²) in [5.74, 6) is 0.677. The molecule has 0 saturated heterocycles. The van der Waals surface area contributed by atoms with E-state index in [2.05, 4.69) is 13.8 Å². The standard InChI is InChI=1S/C11H23NO2S/c1-4-5-11(3,6-7-13)15-8-10(12)9(2)14/h10,13H,4-8,12H2,1-3H3. The summed E-state index contributed by atoms with van der Waals surface area (Å²) < 4.78 is 0.0522. The molecule has 0 aliphatic heterocycles. The quantitative estimate of drug-likeness (QED) is 0.668. The molecule has 0 aromatic rings. The van der Waals surface area contributed by atoms with Crippen LogP contribution in [0.2, 0.25) is 0 Å². The molecule has 0 bridgehead atoms. The van der Waals surface area contributed by atoms with Crippen LogP contribution in [0.4, 0.5) is 0 Å². The summed E-state index contributed by atoms with van der Waals surface area (Å²) in [4.78, 5) is 11.0. The number of hydrogen-bond acceptors (Lipinski definition) is 4. The molecule has 3 nitrogen and oxygen atoms in total. The first-order valence-electron chi connectivity index (χ1n) is 5.46. The number of carbonyl (C=O) groups is 1. The first-order chi connectivity index (χ1) is 6.95. The molecule has 0 aromatic heterocycles. The molecule has 0 aliphatic carbocycles. The van der Waals surface area contributed by atoms with Crippen LogP contribution in [-0.2, 0) is 4.79 Å². The van der Waals surface area contributed by atoms with Crippen LogP contribution in [-0.4, -0.2) is 34.0 Å². The lowest BCUT2D eigenvalue weighted by Gasteiger charge is -2.28. The van der Waals surface area contributed by atoms with Gasteiger partial charge < -0.3 is 10.8 Å². The van der Waals surface area contributed by atoms with Crippen molar-refractivity contribution in [3.8, 4) is 0 Å². The minimum absolute atomic E-state index is 0.0327. The predicted molar refractivity (Wildman–Crippen MR) is 66.1 cm³/mol. The van der Waals surface area contributed by atoms with E-state index in [1.165, 1.54) is 6.92 Å². The number of aliphatic hydroxyl groups is 1. The van der Waals surface area contributed by atoms with Gasteiger partial charge in [-0.15, -0.1) is 0 Å². The molecule has 4 heteroatoms. The van der Waals surface area contributed by atoms with Gasteiger partial charge in [-0.3, -0.25) is 4.79 Å². The maximum Gasteiger partial charge on any atom is 0.147 e. The third-order valence-corrected chi connectivity index (χ3v) is 4.18. The van der Waals surface area contributed by atoms with Crippen molar-refractivity contribution in [2.45, 2.75) is 50.8 Å². The van der Waals surface area contributed by atoms with Crippen molar-refractivity contribution in [3.63, 3.8) is 0 Å². The predicted octanol–water partition coefficient (Wildman–Crippen LogP) is 1.58. The van der Waals surface area contributed by atoms with Gasteiger partial charge in [-0.25, -0.2) is 0 Å². The second-order valence-corrected chi connectivity index (χ2v) is 5.81. The number of ketones is 1. The van der Waals surface area contributed by atoms with E-state index < -0.39 is 0 Å². The molecular formula is C11H23NO2S. The lowest BCUT2D eigenvalue weighted by atomic mass is 10.0. The molecule has 3 N–H and O–H groups in total. The van der Waals surface area contributed by atoms with E-state index in [1.807, 2.05) is 0 Å². The van der Waals surface area contributed by atoms with E-state index >= 15 is 0 Å². The molecule has 2 atom stereocenters. The number of Topliss-reactive ketones (excluding diaryl/α,β-unsaturated/α-hetero) is 1. The van der Waals surface area contributed by atoms with Gasteiger partial charge in [-0.05, 0) is 19.8 Å². The maximum atomic E-state index is 11.0. The molecule has 0 aromatic carbocycles. The van der Waals surface area contributed by atoms with Crippen LogP contribution in [0.5, 0.6) is 0 Å². The van der Waals surface area contributed by atoms with Gasteiger partial charge in [0.2, 0.25) is 0 Å². The molecular weight excluding hydrogens is 210 g/mol. The molecule has 90 valence electrons. The molecule has 0 radical (unpaired) electrons. The summed E-state index contributed by atoms with van der Waals surface area (Å²) in [6.45, 7) is 5.97. The highest BCUT2D eigenvalue weighted by molar-refractivity contribution is 8.00. The second-order valence-electron chi connectivity index (χ2n) is 4.20. The number of aliphatic hydroxyl groups excluding tert-OH is 1. The topological polar surface area (TPSA) is 63.3 Å². The van der Waals surface area contributed by atoms with Crippen LogP contribution in [0.15, 0.2) is 0 Å². The van der Waals surface area contributed by atoms with Crippen molar-refractivity contribution in [2.75, 3.05) is 12.4 Å². The smallest absolute Gasteiger partial charge is 0.147 e. The molecule has 0 spiro atoms. The van der Waals surface area contributed by atoms with E-state index in [1.54, 1.807) is 11.8 Å². The van der Waals surface area contributed by atoms with E-state index in [0.717, 1.165) is 19.3 Å². The van der Waals surface area contributed by atoms with Gasteiger partial charge in [0, 0.05) is 17.1 Å². The van der Waals surface area contributed by atoms with Crippen molar-refractivity contribution in [1.29, 1.82) is 0 Å². The number of hydrogen-bond donors (Lipinski definition) is 2. The van der Waals surface area contributed by atoms with E-state index in [-0.39, 0.29) is 23.2 Å². The van der Waals surface area contributed by atoms with Gasteiger partial charge in [-0.2, -0.15) is 11.8 Å². The Labute approximate surface area is 96.8 Å². The van der Waals surface area contributed by atoms with E-state index in [4.69, 9.17) is 10.8 Å². The lowest BCUT2D eigenvalue weighted by molar-refractivity contribution is -0.117. The van der Waals surface area contributed by atoms with Crippen molar-refractivity contribution >= 4 is 17.5 Å². The Hall–Kier alpha value is -0.0600. The Bertz CT molecular complexity index is 191. The van der Waals surface area contributed by atoms with Crippen LogP contribution >= 0.6 is 11.8 Å². The molecule has 2 unspecified atom stereocenters. The van der Waals surface area contributed by atoms with Crippen LogP contribution in [0, 0.1) is 0 Å². The van der Waals surface area contributed by atoms with Gasteiger partial charge in [0.25, 0.3) is 0 Å². The summed E-state index contributed by atoms with van der Waals surface area (Å²) in [5.41, 5.74) is 5.68. The second kappa shape index (κ2) is 7.25. The fourth-order valence-corrected chi connectivity index (χ4v) is 2.84. The third kappa shape index (κ3) is 6.17. The van der Waals surface area contributed by atoms with Crippen LogP contribution in [0.25, 0.3) is 0 Å². The fraction of sp³-hybridized carbons (Fsp3) is 0.909. The van der Waals surface area contributed by atoms with Gasteiger partial charge in [0.05, 0.1) is 6.04 Å². The zero-order valence-electron chi connectivity index (χ0n) is 9.95. The number of nitrogens with two attached hydrogens (primary N) is 1. The van der Waals surface area contributed by atoms with Gasteiger partial charge in [0.1, 0.15) is 5.78 Å². The van der Waals surface area contributed by atoms with Crippen molar-refractivity contribution in [2.24, 2.45) is 5.73 Å². The Kier molecular flexibility index (Phi) is 7.22. The van der Waals surface area contributed by atoms with Crippen LogP contribution < -0.4 is 5.73 Å². The monoisotopic (exact) mass is 233 g/mol. The Morgan fingerprint density at radius 2 is 2.13 bits per heavy atom. The molecule has 0 rings (SSSR count). The van der Waals surface area contributed by atoms with E-state index in [9.17, 15) is 4.79 Å². The molecule has 0 saturated carbocycles. The fourth-order valence-electron chi connectivity index (χ4n) is 1.44. The van der Waals surface area contributed by atoms with Gasteiger partial charge in [-0.1, -0.05) is 20.3 Å². The summed E-state index contributed by atoms with van der Waals surface area (Å²) >= 11 is 1.70. The summed E-state index contributed by atoms with van der Waals surface area (Å²) in [6, 6.07) is -0.370. The minimum Gasteiger partial charge on any atom is -0.396 e. The highest BCUT2D eigenvalue weighted by atomic mass is 32.2. The normalized spacial score (nSPS) is 17.1. The van der Waals surface area contributed by atoms with Crippen molar-refractivity contribution < 1.29 is 9.90 Å². The molecule has 0 fully saturated rings. The zero-order valence-corrected chi connectivity index (χ0v) is 10.8. The van der Waals surface area contributed by atoms with Crippen LogP contribution in [0.1, 0.15) is 40.0 Å². The molecule has 0 amide bonds. The van der Waals surface area contributed by atoms with Gasteiger partial charge >= 0.3 is 0 Å². The highest BCUT2D eigenvalue weighted by Crippen LogP contribution is 2.33. The summed E-state index contributed by atoms with van der Waals surface area (Å²) in [6.07, 6.45) is 2.89. The Balaban J connectivity index is 4.11. The average Bonchev–Trinajstić information content (AvgIpc) is 2.15. The average molecular weight is 233 g/mol. The minimum atomic E-state index is -0.370. The third-order valence-electron chi connectivity index (χ3n) is 2.55. The summed E-state index contributed by atoms with van der Waals surface area (Å²) in [5, 5.41) is 8.99. The first kappa shape index (κ1) is 14.9. The SMILES string of the molecule is CCCC(C)(CCO)SCC(N)C(C)=O. The van der Waals surface area contributed by atoms with E-state index in [0.29, 0.717) is 5.75 Å². The number of thioether (sulfide) groups is 1. The number of rotatable bonds is 8. The Morgan fingerprint density at radius 1 is 1.53 bits per heavy atom. The first-order valence-corrected chi connectivity index (χ1v) is 6.44. The maximum absolute atomic E-state index is 11.0. The largest absolute Gasteiger partial charge is 0.396 e. The number of carbonyl (C=O) groups excluding carboxylic acids is 1. The zero-order chi connectivity index (χ0) is 11.9. The lowest BCUT2D eigenvalue weighted by Crippen LogP contribution is -2.34. The van der Waals surface area contributed by atoms with Crippen molar-refractivity contribution in [1.82, 2.24) is 0 Å². The highest BCUT2D eigenvalue weighted by Gasteiger charge is 2.24.